The van der Waals surface area contributed by atoms with Crippen LogP contribution in [-0.4, -0.2) is 60.2 Å². The number of piperazine rings is 1. The monoisotopic (exact) mass is 204 g/mol. The highest BCUT2D eigenvalue weighted by Gasteiger charge is 2.31. The summed E-state index contributed by atoms with van der Waals surface area (Å²) in [7, 11) is 2.02. The van der Waals surface area contributed by atoms with Crippen LogP contribution in [0.1, 0.15) is 6.92 Å². The number of hydrogen-bond acceptors (Lipinski definition) is 4. The van der Waals surface area contributed by atoms with Crippen LogP contribution in [0.3, 0.4) is 0 Å². The topological polar surface area (TPSA) is 33.7 Å². The molecule has 0 amide bonds. The van der Waals surface area contributed by atoms with Crippen molar-refractivity contribution in [1.29, 1.82) is 0 Å². The van der Waals surface area contributed by atoms with Crippen LogP contribution in [0.5, 0.6) is 0 Å². The zero-order chi connectivity index (χ0) is 9.68. The van der Waals surface area contributed by atoms with E-state index in [-0.39, 0.29) is 0 Å². The molecule has 0 aromatic heterocycles. The largest absolute Gasteiger partial charge is 0.399 e. The lowest BCUT2D eigenvalue weighted by Gasteiger charge is -2.37. The molecule has 1 rings (SSSR count). The van der Waals surface area contributed by atoms with E-state index in [1.807, 2.05) is 0 Å². The van der Waals surface area contributed by atoms with Gasteiger partial charge in [-0.2, -0.15) is 0 Å². The van der Waals surface area contributed by atoms with E-state index in [4.69, 9.17) is 8.85 Å². The van der Waals surface area contributed by atoms with Crippen molar-refractivity contribution < 1.29 is 8.85 Å². The first-order chi connectivity index (χ1) is 6.33. The molecule has 0 aromatic carbocycles. The molecule has 0 radical (unpaired) electrons. The van der Waals surface area contributed by atoms with Gasteiger partial charge in [-0.3, -0.25) is 4.90 Å². The van der Waals surface area contributed by atoms with E-state index < -0.39 is 9.28 Å². The van der Waals surface area contributed by atoms with Crippen LogP contribution < -0.4 is 5.32 Å². The molecular formula is C8H20N2O2Si. The van der Waals surface area contributed by atoms with Crippen molar-refractivity contribution >= 4 is 9.28 Å². The molecular weight excluding hydrogens is 184 g/mol. The van der Waals surface area contributed by atoms with E-state index in [1.54, 1.807) is 14.2 Å². The Balaban J connectivity index is 2.51. The van der Waals surface area contributed by atoms with Crippen LogP contribution in [0.4, 0.5) is 0 Å². The molecule has 4 nitrogen and oxygen atoms in total. The van der Waals surface area contributed by atoms with Gasteiger partial charge in [0.1, 0.15) is 0 Å². The molecule has 13 heavy (non-hydrogen) atoms. The van der Waals surface area contributed by atoms with Crippen molar-refractivity contribution in [2.75, 3.05) is 40.4 Å². The van der Waals surface area contributed by atoms with Crippen LogP contribution in [-0.2, 0) is 8.85 Å². The first-order valence-electron chi connectivity index (χ1n) is 4.83. The highest BCUT2D eigenvalue weighted by atomic mass is 28.3. The third kappa shape index (κ3) is 2.75. The summed E-state index contributed by atoms with van der Waals surface area (Å²) in [5, 5.41) is 3.38. The smallest absolute Gasteiger partial charge is 0.340 e. The molecule has 1 aliphatic rings. The van der Waals surface area contributed by atoms with Gasteiger partial charge in [0.2, 0.25) is 0 Å². The van der Waals surface area contributed by atoms with Crippen molar-refractivity contribution in [1.82, 2.24) is 10.2 Å². The summed E-state index contributed by atoms with van der Waals surface area (Å²) in [6.45, 7) is 6.47. The summed E-state index contributed by atoms with van der Waals surface area (Å²) in [6, 6.07) is 0. The molecule has 1 atom stereocenters. The second-order valence-electron chi connectivity index (χ2n) is 3.24. The van der Waals surface area contributed by atoms with E-state index in [9.17, 15) is 0 Å². The van der Waals surface area contributed by atoms with Crippen molar-refractivity contribution in [2.24, 2.45) is 0 Å². The number of nitrogens with zero attached hydrogens (tertiary/aromatic N) is 1. The number of rotatable bonds is 4. The van der Waals surface area contributed by atoms with E-state index in [2.05, 4.69) is 17.1 Å². The maximum absolute atomic E-state index is 5.41. The minimum atomic E-state index is -1.49. The van der Waals surface area contributed by atoms with E-state index in [0.29, 0.717) is 5.67 Å². The molecule has 5 heteroatoms. The zero-order valence-corrected chi connectivity index (χ0v) is 9.90. The van der Waals surface area contributed by atoms with Crippen LogP contribution >= 0.6 is 0 Å². The Kier molecular flexibility index (Phi) is 4.90. The van der Waals surface area contributed by atoms with Gasteiger partial charge in [-0.25, -0.2) is 0 Å². The van der Waals surface area contributed by atoms with Gasteiger partial charge in [0.05, 0.1) is 5.67 Å². The molecule has 0 aromatic rings. The molecule has 1 N–H and O–H groups in total. The SMILES string of the molecule is CCN1CCNCC1[SiH](OC)OC. The lowest BCUT2D eigenvalue weighted by molar-refractivity contribution is 0.163. The maximum atomic E-state index is 5.41. The third-order valence-corrected chi connectivity index (χ3v) is 4.80. The van der Waals surface area contributed by atoms with Gasteiger partial charge in [0.25, 0.3) is 0 Å². The normalized spacial score (nSPS) is 25.4. The van der Waals surface area contributed by atoms with Gasteiger partial charge in [0, 0.05) is 33.9 Å². The minimum absolute atomic E-state index is 0.480. The molecule has 0 saturated carbocycles. The Labute approximate surface area is 82.0 Å². The third-order valence-electron chi connectivity index (χ3n) is 2.58. The maximum Gasteiger partial charge on any atom is 0.340 e. The first kappa shape index (κ1) is 11.1. The molecule has 0 bridgehead atoms. The predicted octanol–water partition coefficient (Wildman–Crippen LogP) is -0.667. The molecule has 1 heterocycles. The average molecular weight is 204 g/mol. The molecule has 0 aliphatic carbocycles. The Morgan fingerprint density at radius 2 is 2.15 bits per heavy atom. The lowest BCUT2D eigenvalue weighted by Crippen LogP contribution is -2.59. The summed E-state index contributed by atoms with van der Waals surface area (Å²) in [4.78, 5) is 2.44. The highest BCUT2D eigenvalue weighted by molar-refractivity contribution is 6.46. The molecule has 1 saturated heterocycles. The Morgan fingerprint density at radius 3 is 2.69 bits per heavy atom. The van der Waals surface area contributed by atoms with Gasteiger partial charge in [-0.05, 0) is 6.54 Å². The molecule has 1 unspecified atom stereocenters. The van der Waals surface area contributed by atoms with Gasteiger partial charge in [0.15, 0.2) is 0 Å². The van der Waals surface area contributed by atoms with Crippen molar-refractivity contribution in [3.05, 3.63) is 0 Å². The van der Waals surface area contributed by atoms with E-state index in [1.165, 1.54) is 0 Å². The Bertz CT molecular complexity index is 137. The number of hydrogen-bond donors (Lipinski definition) is 1. The molecule has 0 spiro atoms. The first-order valence-corrected chi connectivity index (χ1v) is 6.44. The second-order valence-corrected chi connectivity index (χ2v) is 5.69. The second kappa shape index (κ2) is 5.72. The summed E-state index contributed by atoms with van der Waals surface area (Å²) in [5.41, 5.74) is 0.480. The Hall–Kier alpha value is 0.0569. The highest BCUT2D eigenvalue weighted by Crippen LogP contribution is 2.07. The summed E-state index contributed by atoms with van der Waals surface area (Å²) < 4.78 is 10.8. The Morgan fingerprint density at radius 1 is 1.46 bits per heavy atom. The number of nitrogens with one attached hydrogen (secondary N) is 1. The minimum Gasteiger partial charge on any atom is -0.399 e. The predicted molar refractivity (Wildman–Crippen MR) is 55.1 cm³/mol. The van der Waals surface area contributed by atoms with Crippen LogP contribution in [0.15, 0.2) is 0 Å². The van der Waals surface area contributed by atoms with Crippen LogP contribution in [0.25, 0.3) is 0 Å². The fourth-order valence-corrected chi connectivity index (χ4v) is 3.72. The quantitative estimate of drug-likeness (QED) is 0.616. The average Bonchev–Trinajstić information content (AvgIpc) is 2.20. The van der Waals surface area contributed by atoms with Gasteiger partial charge in [-0.15, -0.1) is 0 Å². The van der Waals surface area contributed by atoms with Crippen molar-refractivity contribution in [3.8, 4) is 0 Å². The molecule has 1 fully saturated rings. The van der Waals surface area contributed by atoms with Crippen molar-refractivity contribution in [2.45, 2.75) is 12.6 Å². The van der Waals surface area contributed by atoms with E-state index >= 15 is 0 Å². The fourth-order valence-electron chi connectivity index (χ4n) is 1.84. The van der Waals surface area contributed by atoms with Crippen molar-refractivity contribution in [3.63, 3.8) is 0 Å². The van der Waals surface area contributed by atoms with Gasteiger partial charge < -0.3 is 14.2 Å². The van der Waals surface area contributed by atoms with E-state index in [0.717, 1.165) is 26.2 Å². The van der Waals surface area contributed by atoms with Crippen LogP contribution in [0.2, 0.25) is 0 Å². The van der Waals surface area contributed by atoms with Gasteiger partial charge >= 0.3 is 9.28 Å². The fraction of sp³-hybridized carbons (Fsp3) is 1.00. The lowest BCUT2D eigenvalue weighted by atomic mass is 10.3. The molecule has 1 aliphatic heterocycles. The number of likely N-dealkylation sites (N-methyl/N-ethyl adjacent to an activating group) is 1. The van der Waals surface area contributed by atoms with Crippen LogP contribution in [0, 0.1) is 0 Å². The zero-order valence-electron chi connectivity index (χ0n) is 8.75. The summed E-state index contributed by atoms with van der Waals surface area (Å²) >= 11 is 0. The molecule has 78 valence electrons. The summed E-state index contributed by atoms with van der Waals surface area (Å²) in [5.74, 6) is 0. The van der Waals surface area contributed by atoms with Gasteiger partial charge in [-0.1, -0.05) is 6.92 Å². The summed E-state index contributed by atoms with van der Waals surface area (Å²) in [6.07, 6.45) is 0. The standard InChI is InChI=1S/C8H20N2O2Si/c1-4-10-6-5-9-7-8(10)13(11-2)12-3/h8-9,13H,4-7H2,1-3H3.